The molecule has 1 rings (SSSR count). The number of alkyl halides is 2. The van der Waals surface area contributed by atoms with Crippen molar-refractivity contribution in [2.75, 3.05) is 0 Å². The van der Waals surface area contributed by atoms with Crippen molar-refractivity contribution in [2.24, 2.45) is 11.7 Å². The molecule has 0 saturated carbocycles. The zero-order valence-electron chi connectivity index (χ0n) is 8.32. The lowest BCUT2D eigenvalue weighted by molar-refractivity contribution is 0.112. The van der Waals surface area contributed by atoms with Crippen molar-refractivity contribution < 1.29 is 8.78 Å². The highest BCUT2D eigenvalue weighted by Gasteiger charge is 2.21. The van der Waals surface area contributed by atoms with Gasteiger partial charge in [0.25, 0.3) is 6.43 Å². The average Bonchev–Trinajstić information content (AvgIpc) is 2.49. The molecule has 5 heteroatoms. The Morgan fingerprint density at radius 2 is 2.14 bits per heavy atom. The van der Waals surface area contributed by atoms with E-state index >= 15 is 0 Å². The Balaban J connectivity index is 2.81. The fourth-order valence-corrected chi connectivity index (χ4v) is 1.25. The SMILES string of the molecule is CC(C)Cn1nccc1C(N)C(F)F. The Morgan fingerprint density at radius 3 is 2.64 bits per heavy atom. The number of rotatable bonds is 4. The Kier molecular flexibility index (Phi) is 3.57. The van der Waals surface area contributed by atoms with E-state index in [1.807, 2.05) is 13.8 Å². The summed E-state index contributed by atoms with van der Waals surface area (Å²) in [5, 5.41) is 3.96. The van der Waals surface area contributed by atoms with Gasteiger partial charge in [0.15, 0.2) is 0 Å². The quantitative estimate of drug-likeness (QED) is 0.811. The molecule has 0 fully saturated rings. The summed E-state index contributed by atoms with van der Waals surface area (Å²) < 4.78 is 26.2. The van der Waals surface area contributed by atoms with Crippen LogP contribution < -0.4 is 5.73 Å². The molecule has 14 heavy (non-hydrogen) atoms. The van der Waals surface area contributed by atoms with E-state index < -0.39 is 12.5 Å². The first-order valence-electron chi connectivity index (χ1n) is 4.57. The van der Waals surface area contributed by atoms with Crippen LogP contribution >= 0.6 is 0 Å². The van der Waals surface area contributed by atoms with Gasteiger partial charge in [-0.25, -0.2) is 8.78 Å². The normalized spacial score (nSPS) is 13.9. The van der Waals surface area contributed by atoms with Crippen LogP contribution in [0.1, 0.15) is 25.6 Å². The van der Waals surface area contributed by atoms with Crippen LogP contribution in [-0.4, -0.2) is 16.2 Å². The zero-order chi connectivity index (χ0) is 10.7. The molecular formula is C9H15F2N3. The maximum absolute atomic E-state index is 12.3. The molecule has 0 aromatic carbocycles. The Labute approximate surface area is 81.9 Å². The molecule has 0 saturated heterocycles. The van der Waals surface area contributed by atoms with E-state index in [-0.39, 0.29) is 0 Å². The monoisotopic (exact) mass is 203 g/mol. The molecule has 3 nitrogen and oxygen atoms in total. The summed E-state index contributed by atoms with van der Waals surface area (Å²) >= 11 is 0. The topological polar surface area (TPSA) is 43.8 Å². The summed E-state index contributed by atoms with van der Waals surface area (Å²) in [4.78, 5) is 0. The van der Waals surface area contributed by atoms with Crippen molar-refractivity contribution >= 4 is 0 Å². The molecule has 0 aliphatic carbocycles. The molecule has 1 aromatic rings. The van der Waals surface area contributed by atoms with Crippen LogP contribution in [0.15, 0.2) is 12.3 Å². The van der Waals surface area contributed by atoms with Gasteiger partial charge in [-0.2, -0.15) is 5.10 Å². The summed E-state index contributed by atoms with van der Waals surface area (Å²) in [6.07, 6.45) is -1.04. The summed E-state index contributed by atoms with van der Waals surface area (Å²) in [7, 11) is 0. The van der Waals surface area contributed by atoms with Crippen molar-refractivity contribution in [3.63, 3.8) is 0 Å². The van der Waals surface area contributed by atoms with Crippen LogP contribution in [-0.2, 0) is 6.54 Å². The van der Waals surface area contributed by atoms with Crippen LogP contribution in [0.4, 0.5) is 8.78 Å². The summed E-state index contributed by atoms with van der Waals surface area (Å²) in [5.41, 5.74) is 5.74. The van der Waals surface area contributed by atoms with Crippen LogP contribution in [0.3, 0.4) is 0 Å². The highest BCUT2D eigenvalue weighted by Crippen LogP contribution is 2.18. The van der Waals surface area contributed by atoms with Gasteiger partial charge in [-0.05, 0) is 12.0 Å². The number of nitrogens with zero attached hydrogens (tertiary/aromatic N) is 2. The minimum absolute atomic E-state index is 0.360. The fraction of sp³-hybridized carbons (Fsp3) is 0.667. The van der Waals surface area contributed by atoms with Crippen molar-refractivity contribution in [1.29, 1.82) is 0 Å². The van der Waals surface area contributed by atoms with E-state index in [1.165, 1.54) is 6.20 Å². The maximum atomic E-state index is 12.3. The maximum Gasteiger partial charge on any atom is 0.259 e. The van der Waals surface area contributed by atoms with Crippen LogP contribution in [0.2, 0.25) is 0 Å². The predicted octanol–water partition coefficient (Wildman–Crippen LogP) is 1.80. The average molecular weight is 203 g/mol. The smallest absolute Gasteiger partial charge is 0.259 e. The van der Waals surface area contributed by atoms with Gasteiger partial charge in [-0.15, -0.1) is 0 Å². The number of nitrogens with two attached hydrogens (primary N) is 1. The predicted molar refractivity (Wildman–Crippen MR) is 50.0 cm³/mol. The second-order valence-electron chi connectivity index (χ2n) is 3.69. The second-order valence-corrected chi connectivity index (χ2v) is 3.69. The van der Waals surface area contributed by atoms with Gasteiger partial charge in [0.1, 0.15) is 6.04 Å². The van der Waals surface area contributed by atoms with E-state index in [9.17, 15) is 8.78 Å². The van der Waals surface area contributed by atoms with E-state index in [1.54, 1.807) is 10.7 Å². The molecule has 0 bridgehead atoms. The fourth-order valence-electron chi connectivity index (χ4n) is 1.25. The van der Waals surface area contributed by atoms with Crippen LogP contribution in [0.5, 0.6) is 0 Å². The lowest BCUT2D eigenvalue weighted by atomic mass is 10.2. The molecule has 1 heterocycles. The minimum Gasteiger partial charge on any atom is -0.318 e. The van der Waals surface area contributed by atoms with Crippen molar-refractivity contribution in [3.05, 3.63) is 18.0 Å². The number of hydrogen-bond acceptors (Lipinski definition) is 2. The third kappa shape index (κ3) is 2.51. The zero-order valence-corrected chi connectivity index (χ0v) is 8.32. The number of halogens is 2. The molecule has 1 aromatic heterocycles. The Morgan fingerprint density at radius 1 is 1.50 bits per heavy atom. The van der Waals surface area contributed by atoms with Gasteiger partial charge in [0.2, 0.25) is 0 Å². The van der Waals surface area contributed by atoms with Gasteiger partial charge < -0.3 is 5.73 Å². The number of aromatic nitrogens is 2. The molecule has 1 atom stereocenters. The van der Waals surface area contributed by atoms with Gasteiger partial charge >= 0.3 is 0 Å². The third-order valence-corrected chi connectivity index (χ3v) is 1.90. The third-order valence-electron chi connectivity index (χ3n) is 1.90. The summed E-state index contributed by atoms with van der Waals surface area (Å²) in [6, 6.07) is 0.301. The lowest BCUT2D eigenvalue weighted by Crippen LogP contribution is -2.23. The molecule has 0 radical (unpaired) electrons. The Hall–Kier alpha value is -0.970. The van der Waals surface area contributed by atoms with E-state index in [4.69, 9.17) is 5.73 Å². The van der Waals surface area contributed by atoms with Gasteiger partial charge in [0.05, 0.1) is 5.69 Å². The van der Waals surface area contributed by atoms with Gasteiger partial charge in [0, 0.05) is 12.7 Å². The second kappa shape index (κ2) is 4.50. The van der Waals surface area contributed by atoms with Crippen molar-refractivity contribution in [1.82, 2.24) is 9.78 Å². The molecule has 2 N–H and O–H groups in total. The van der Waals surface area contributed by atoms with E-state index in [0.29, 0.717) is 18.2 Å². The van der Waals surface area contributed by atoms with Gasteiger partial charge in [-0.1, -0.05) is 13.8 Å². The van der Waals surface area contributed by atoms with Crippen LogP contribution in [0.25, 0.3) is 0 Å². The molecule has 0 aliphatic rings. The summed E-state index contributed by atoms with van der Waals surface area (Å²) in [5.74, 6) is 0.360. The lowest BCUT2D eigenvalue weighted by Gasteiger charge is -2.14. The first kappa shape index (κ1) is 11.1. The standard InChI is InChI=1S/C9H15F2N3/c1-6(2)5-14-7(3-4-13-14)8(12)9(10)11/h3-4,6,8-9H,5,12H2,1-2H3. The molecule has 0 amide bonds. The largest absolute Gasteiger partial charge is 0.318 e. The summed E-state index contributed by atoms with van der Waals surface area (Å²) in [6.45, 7) is 4.61. The van der Waals surface area contributed by atoms with Gasteiger partial charge in [-0.3, -0.25) is 4.68 Å². The first-order chi connectivity index (χ1) is 6.52. The van der Waals surface area contributed by atoms with E-state index in [2.05, 4.69) is 5.10 Å². The first-order valence-corrected chi connectivity index (χ1v) is 4.57. The molecule has 80 valence electrons. The Bertz CT molecular complexity index is 283. The van der Waals surface area contributed by atoms with Crippen LogP contribution in [0, 0.1) is 5.92 Å². The molecule has 0 aliphatic heterocycles. The number of hydrogen-bond donors (Lipinski definition) is 1. The highest BCUT2D eigenvalue weighted by atomic mass is 19.3. The van der Waals surface area contributed by atoms with Crippen molar-refractivity contribution in [3.8, 4) is 0 Å². The van der Waals surface area contributed by atoms with Crippen molar-refractivity contribution in [2.45, 2.75) is 32.9 Å². The molecule has 1 unspecified atom stereocenters. The van der Waals surface area contributed by atoms with E-state index in [0.717, 1.165) is 0 Å². The minimum atomic E-state index is -2.54. The molecular weight excluding hydrogens is 188 g/mol. The highest BCUT2D eigenvalue weighted by molar-refractivity contribution is 5.07. The molecule has 0 spiro atoms.